The minimum atomic E-state index is -0.560. The molecule has 28 heavy (non-hydrogen) atoms. The molecule has 5 heteroatoms. The summed E-state index contributed by atoms with van der Waals surface area (Å²) in [5.74, 6) is 0.774. The van der Waals surface area contributed by atoms with Gasteiger partial charge in [-0.2, -0.15) is 0 Å². The van der Waals surface area contributed by atoms with E-state index in [0.717, 1.165) is 11.1 Å². The third-order valence-electron chi connectivity index (χ3n) is 5.02. The molecule has 2 aromatic rings. The van der Waals surface area contributed by atoms with Crippen LogP contribution in [0.3, 0.4) is 0 Å². The Morgan fingerprint density at radius 1 is 0.750 bits per heavy atom. The highest BCUT2D eigenvalue weighted by molar-refractivity contribution is 5.82. The summed E-state index contributed by atoms with van der Waals surface area (Å²) >= 11 is 0. The van der Waals surface area contributed by atoms with Crippen molar-refractivity contribution in [1.29, 1.82) is 0 Å². The molecule has 0 radical (unpaired) electrons. The molecule has 148 valence electrons. The zero-order valence-electron chi connectivity index (χ0n) is 16.8. The summed E-state index contributed by atoms with van der Waals surface area (Å²) in [6.45, 7) is 7.86. The number of rotatable bonds is 5. The van der Waals surface area contributed by atoms with Gasteiger partial charge in [0.1, 0.15) is 5.75 Å². The van der Waals surface area contributed by atoms with Crippen molar-refractivity contribution in [2.45, 2.75) is 26.9 Å². The number of piperazine rings is 1. The molecule has 5 nitrogen and oxygen atoms in total. The maximum Gasteiger partial charge on any atom is 0.263 e. The van der Waals surface area contributed by atoms with Crippen molar-refractivity contribution in [2.75, 3.05) is 26.2 Å². The number of carbonyl (C=O) groups excluding carboxylic acids is 2. The third kappa shape index (κ3) is 4.71. The Hall–Kier alpha value is -2.82. The smallest absolute Gasteiger partial charge is 0.263 e. The van der Waals surface area contributed by atoms with Crippen molar-refractivity contribution in [3.63, 3.8) is 0 Å². The zero-order valence-corrected chi connectivity index (χ0v) is 16.8. The molecule has 0 aliphatic carbocycles. The standard InChI is InChI=1S/C23H28N2O3/c1-17(2)22(26)24-13-15-25(16-14-24)23(27)18(3)28-21-11-9-20(10-12-21)19-7-5-4-6-8-19/h4-12,17-18H,13-16H2,1-3H3. The van der Waals surface area contributed by atoms with Gasteiger partial charge in [0.15, 0.2) is 6.10 Å². The first-order chi connectivity index (χ1) is 13.5. The molecule has 0 saturated carbocycles. The van der Waals surface area contributed by atoms with Crippen LogP contribution in [0.15, 0.2) is 54.6 Å². The monoisotopic (exact) mass is 380 g/mol. The van der Waals surface area contributed by atoms with Crippen molar-refractivity contribution >= 4 is 11.8 Å². The Balaban J connectivity index is 1.54. The topological polar surface area (TPSA) is 49.9 Å². The number of benzene rings is 2. The number of ether oxygens (including phenoxy) is 1. The lowest BCUT2D eigenvalue weighted by atomic mass is 10.1. The van der Waals surface area contributed by atoms with Gasteiger partial charge in [-0.1, -0.05) is 56.3 Å². The van der Waals surface area contributed by atoms with E-state index in [9.17, 15) is 9.59 Å². The molecule has 1 aliphatic rings. The molecule has 1 atom stereocenters. The Bertz CT molecular complexity index is 794. The van der Waals surface area contributed by atoms with Crippen molar-refractivity contribution in [1.82, 2.24) is 9.80 Å². The second-order valence-electron chi connectivity index (χ2n) is 7.46. The number of hydrogen-bond acceptors (Lipinski definition) is 3. The lowest BCUT2D eigenvalue weighted by Gasteiger charge is -2.36. The molecule has 0 aromatic heterocycles. The molecule has 1 aliphatic heterocycles. The minimum absolute atomic E-state index is 0.0108. The SMILES string of the molecule is CC(C)C(=O)N1CCN(C(=O)C(C)Oc2ccc(-c3ccccc3)cc2)CC1. The van der Waals surface area contributed by atoms with Gasteiger partial charge in [0.05, 0.1) is 0 Å². The molecule has 2 amide bonds. The maximum absolute atomic E-state index is 12.7. The number of hydrogen-bond donors (Lipinski definition) is 0. The molecule has 1 unspecified atom stereocenters. The van der Waals surface area contributed by atoms with Gasteiger partial charge < -0.3 is 14.5 Å². The van der Waals surface area contributed by atoms with Crippen LogP contribution in [-0.4, -0.2) is 53.9 Å². The van der Waals surface area contributed by atoms with Gasteiger partial charge in [-0.15, -0.1) is 0 Å². The molecular formula is C23H28N2O3. The molecule has 1 saturated heterocycles. The fourth-order valence-corrected chi connectivity index (χ4v) is 3.38. The van der Waals surface area contributed by atoms with Crippen molar-refractivity contribution in [3.05, 3.63) is 54.6 Å². The molecule has 2 aromatic carbocycles. The van der Waals surface area contributed by atoms with E-state index in [4.69, 9.17) is 4.74 Å². The Labute approximate surface area is 166 Å². The number of nitrogens with zero attached hydrogens (tertiary/aromatic N) is 2. The first-order valence-electron chi connectivity index (χ1n) is 9.85. The summed E-state index contributed by atoms with van der Waals surface area (Å²) in [6.07, 6.45) is -0.560. The fraction of sp³-hybridized carbons (Fsp3) is 0.391. The average molecular weight is 380 g/mol. The van der Waals surface area contributed by atoms with E-state index in [1.807, 2.05) is 61.2 Å². The van der Waals surface area contributed by atoms with Gasteiger partial charge >= 0.3 is 0 Å². The molecule has 0 bridgehead atoms. The van der Waals surface area contributed by atoms with E-state index >= 15 is 0 Å². The predicted octanol–water partition coefficient (Wildman–Crippen LogP) is 3.45. The van der Waals surface area contributed by atoms with E-state index < -0.39 is 6.10 Å². The Morgan fingerprint density at radius 2 is 1.25 bits per heavy atom. The first-order valence-corrected chi connectivity index (χ1v) is 9.85. The van der Waals surface area contributed by atoms with Crippen LogP contribution in [0.25, 0.3) is 11.1 Å². The summed E-state index contributed by atoms with van der Waals surface area (Å²) in [4.78, 5) is 28.4. The van der Waals surface area contributed by atoms with Gasteiger partial charge in [-0.25, -0.2) is 0 Å². The highest BCUT2D eigenvalue weighted by Crippen LogP contribution is 2.23. The summed E-state index contributed by atoms with van der Waals surface area (Å²) in [6, 6.07) is 17.9. The molecule has 1 heterocycles. The summed E-state index contributed by atoms with van der Waals surface area (Å²) in [5, 5.41) is 0. The van der Waals surface area contributed by atoms with Gasteiger partial charge in [-0.05, 0) is 30.2 Å². The highest BCUT2D eigenvalue weighted by atomic mass is 16.5. The average Bonchev–Trinajstić information content (AvgIpc) is 2.74. The third-order valence-corrected chi connectivity index (χ3v) is 5.02. The van der Waals surface area contributed by atoms with Crippen LogP contribution in [0.5, 0.6) is 5.75 Å². The van der Waals surface area contributed by atoms with E-state index in [0.29, 0.717) is 31.9 Å². The van der Waals surface area contributed by atoms with E-state index in [-0.39, 0.29) is 17.7 Å². The lowest BCUT2D eigenvalue weighted by molar-refractivity contribution is -0.144. The van der Waals surface area contributed by atoms with Gasteiger partial charge in [0.2, 0.25) is 5.91 Å². The van der Waals surface area contributed by atoms with E-state index in [1.54, 1.807) is 11.8 Å². The van der Waals surface area contributed by atoms with Crippen LogP contribution < -0.4 is 4.74 Å². The lowest BCUT2D eigenvalue weighted by Crippen LogP contribution is -2.53. The minimum Gasteiger partial charge on any atom is -0.481 e. The molecule has 0 spiro atoms. The Kier molecular flexibility index (Phi) is 6.34. The normalized spacial score (nSPS) is 15.4. The number of amides is 2. The summed E-state index contributed by atoms with van der Waals surface area (Å²) in [7, 11) is 0. The fourth-order valence-electron chi connectivity index (χ4n) is 3.38. The predicted molar refractivity (Wildman–Crippen MR) is 110 cm³/mol. The summed E-state index contributed by atoms with van der Waals surface area (Å²) < 4.78 is 5.86. The van der Waals surface area contributed by atoms with Crippen LogP contribution in [0.1, 0.15) is 20.8 Å². The largest absolute Gasteiger partial charge is 0.481 e. The van der Waals surface area contributed by atoms with Crippen LogP contribution in [0.4, 0.5) is 0 Å². The van der Waals surface area contributed by atoms with Crippen LogP contribution in [-0.2, 0) is 9.59 Å². The zero-order chi connectivity index (χ0) is 20.1. The highest BCUT2D eigenvalue weighted by Gasteiger charge is 2.28. The summed E-state index contributed by atoms with van der Waals surface area (Å²) in [5.41, 5.74) is 2.25. The van der Waals surface area contributed by atoms with Crippen LogP contribution >= 0.6 is 0 Å². The van der Waals surface area contributed by atoms with Crippen LogP contribution in [0, 0.1) is 5.92 Å². The van der Waals surface area contributed by atoms with E-state index in [2.05, 4.69) is 12.1 Å². The molecular weight excluding hydrogens is 352 g/mol. The second kappa shape index (κ2) is 8.91. The maximum atomic E-state index is 12.7. The first kappa shape index (κ1) is 19.9. The van der Waals surface area contributed by atoms with Crippen molar-refractivity contribution in [2.24, 2.45) is 5.92 Å². The second-order valence-corrected chi connectivity index (χ2v) is 7.46. The quantitative estimate of drug-likeness (QED) is 0.798. The molecule has 1 fully saturated rings. The van der Waals surface area contributed by atoms with Crippen LogP contribution in [0.2, 0.25) is 0 Å². The number of carbonyl (C=O) groups is 2. The van der Waals surface area contributed by atoms with Crippen molar-refractivity contribution < 1.29 is 14.3 Å². The molecule has 0 N–H and O–H groups in total. The van der Waals surface area contributed by atoms with Gasteiger partial charge in [0, 0.05) is 32.1 Å². The van der Waals surface area contributed by atoms with Crippen molar-refractivity contribution in [3.8, 4) is 16.9 Å². The molecule has 3 rings (SSSR count). The van der Waals surface area contributed by atoms with Gasteiger partial charge in [0.25, 0.3) is 5.91 Å². The Morgan fingerprint density at radius 3 is 1.79 bits per heavy atom. The van der Waals surface area contributed by atoms with E-state index in [1.165, 1.54) is 0 Å². The van der Waals surface area contributed by atoms with Gasteiger partial charge in [-0.3, -0.25) is 9.59 Å².